The molecule has 8 heteroatoms. The van der Waals surface area contributed by atoms with Gasteiger partial charge in [-0.25, -0.2) is 4.79 Å². The van der Waals surface area contributed by atoms with Gasteiger partial charge in [0.15, 0.2) is 0 Å². The smallest absolute Gasteiger partial charge is 0.338 e. The van der Waals surface area contributed by atoms with Crippen molar-refractivity contribution in [1.82, 2.24) is 5.32 Å². The lowest BCUT2D eigenvalue weighted by Gasteiger charge is -2.08. The third kappa shape index (κ3) is 6.87. The summed E-state index contributed by atoms with van der Waals surface area (Å²) in [4.78, 5) is 23.9. The van der Waals surface area contributed by atoms with Gasteiger partial charge in [0.1, 0.15) is 29.7 Å². The van der Waals surface area contributed by atoms with Crippen LogP contribution in [-0.4, -0.2) is 38.7 Å². The first-order chi connectivity index (χ1) is 14.6. The number of nitrogens with zero attached hydrogens (tertiary/aromatic N) is 1. The highest BCUT2D eigenvalue weighted by Crippen LogP contribution is 2.16. The summed E-state index contributed by atoms with van der Waals surface area (Å²) in [6.45, 7) is 2.75. The van der Waals surface area contributed by atoms with Crippen LogP contribution in [0.4, 0.5) is 5.69 Å². The van der Waals surface area contributed by atoms with E-state index in [1.54, 1.807) is 50.4 Å². The van der Waals surface area contributed by atoms with Gasteiger partial charge in [0.05, 0.1) is 19.3 Å². The Morgan fingerprint density at radius 3 is 2.33 bits per heavy atom. The molecule has 2 N–H and O–H groups in total. The fraction of sp³-hybridized carbons (Fsp3) is 0.227. The number of carbonyl (C=O) groups is 2. The molecule has 1 amide bonds. The number of rotatable bonds is 10. The fourth-order valence-corrected chi connectivity index (χ4v) is 2.33. The lowest BCUT2D eigenvalue weighted by atomic mass is 10.2. The highest BCUT2D eigenvalue weighted by Gasteiger charge is 2.10. The number of methoxy groups -OCH3 is 1. The Morgan fingerprint density at radius 1 is 1.07 bits per heavy atom. The minimum atomic E-state index is -0.565. The van der Waals surface area contributed by atoms with E-state index in [1.165, 1.54) is 18.3 Å². The molecule has 0 heterocycles. The first-order valence-electron chi connectivity index (χ1n) is 9.26. The first-order valence-corrected chi connectivity index (χ1v) is 9.26. The zero-order valence-electron chi connectivity index (χ0n) is 16.8. The third-order valence-corrected chi connectivity index (χ3v) is 3.84. The second kappa shape index (κ2) is 11.8. The van der Waals surface area contributed by atoms with Crippen LogP contribution < -0.4 is 20.1 Å². The van der Waals surface area contributed by atoms with Crippen LogP contribution in [0, 0.1) is 11.3 Å². The number of carbonyl (C=O) groups excluding carboxylic acids is 2. The monoisotopic (exact) mass is 409 g/mol. The molecule has 0 atom stereocenters. The maximum absolute atomic E-state index is 12.2. The second-order valence-electron chi connectivity index (χ2n) is 5.90. The van der Waals surface area contributed by atoms with Gasteiger partial charge in [0, 0.05) is 18.4 Å². The van der Waals surface area contributed by atoms with Gasteiger partial charge in [0.25, 0.3) is 5.91 Å². The molecule has 0 saturated heterocycles. The fourth-order valence-electron chi connectivity index (χ4n) is 2.33. The maximum Gasteiger partial charge on any atom is 0.338 e. The zero-order chi connectivity index (χ0) is 21.8. The van der Waals surface area contributed by atoms with Gasteiger partial charge in [-0.05, 0) is 55.5 Å². The van der Waals surface area contributed by atoms with E-state index < -0.39 is 11.9 Å². The molecule has 0 unspecified atom stereocenters. The van der Waals surface area contributed by atoms with Gasteiger partial charge in [-0.3, -0.25) is 4.79 Å². The number of hydrogen-bond donors (Lipinski definition) is 2. The van der Waals surface area contributed by atoms with E-state index in [0.29, 0.717) is 30.2 Å². The predicted molar refractivity (Wildman–Crippen MR) is 111 cm³/mol. The molecule has 0 fully saturated rings. The summed E-state index contributed by atoms with van der Waals surface area (Å²) >= 11 is 0. The van der Waals surface area contributed by atoms with Crippen LogP contribution in [0.15, 0.2) is 60.3 Å². The summed E-state index contributed by atoms with van der Waals surface area (Å²) in [5.41, 5.74) is 0.746. The molecule has 0 aliphatic carbocycles. The van der Waals surface area contributed by atoms with Crippen LogP contribution in [0.1, 0.15) is 17.3 Å². The van der Waals surface area contributed by atoms with Gasteiger partial charge < -0.3 is 24.8 Å². The summed E-state index contributed by atoms with van der Waals surface area (Å²) in [6.07, 6.45) is 1.33. The largest absolute Gasteiger partial charge is 0.497 e. The van der Waals surface area contributed by atoms with Crippen LogP contribution >= 0.6 is 0 Å². The number of nitrogens with one attached hydrogen (secondary N) is 2. The van der Waals surface area contributed by atoms with Crippen molar-refractivity contribution in [2.45, 2.75) is 6.92 Å². The molecule has 0 bridgehead atoms. The summed E-state index contributed by atoms with van der Waals surface area (Å²) in [5, 5.41) is 14.7. The van der Waals surface area contributed by atoms with Crippen molar-refractivity contribution in [2.24, 2.45) is 0 Å². The number of esters is 1. The Balaban J connectivity index is 1.81. The Hall–Kier alpha value is -3.99. The number of nitriles is 1. The summed E-state index contributed by atoms with van der Waals surface area (Å²) in [7, 11) is 1.59. The van der Waals surface area contributed by atoms with E-state index in [-0.39, 0.29) is 12.2 Å². The molecule has 8 nitrogen and oxygen atoms in total. The molecular formula is C22H23N3O5. The third-order valence-electron chi connectivity index (χ3n) is 3.84. The number of benzene rings is 2. The lowest BCUT2D eigenvalue weighted by Crippen LogP contribution is -2.20. The summed E-state index contributed by atoms with van der Waals surface area (Å²) in [5.74, 6) is 0.425. The van der Waals surface area contributed by atoms with Crippen molar-refractivity contribution in [3.8, 4) is 17.6 Å². The van der Waals surface area contributed by atoms with E-state index in [2.05, 4.69) is 10.6 Å². The second-order valence-corrected chi connectivity index (χ2v) is 5.90. The van der Waals surface area contributed by atoms with E-state index in [1.807, 2.05) is 6.07 Å². The Kier molecular flexibility index (Phi) is 8.74. The van der Waals surface area contributed by atoms with Crippen LogP contribution in [0.25, 0.3) is 0 Å². The van der Waals surface area contributed by atoms with Gasteiger partial charge >= 0.3 is 5.97 Å². The topological polar surface area (TPSA) is 110 Å². The summed E-state index contributed by atoms with van der Waals surface area (Å²) in [6, 6.07) is 15.2. The molecule has 0 aliphatic heterocycles. The van der Waals surface area contributed by atoms with Crippen LogP contribution in [0.2, 0.25) is 0 Å². The van der Waals surface area contributed by atoms with Gasteiger partial charge in [0.2, 0.25) is 0 Å². The van der Waals surface area contributed by atoms with Crippen molar-refractivity contribution in [3.63, 3.8) is 0 Å². The zero-order valence-corrected chi connectivity index (χ0v) is 16.8. The molecule has 0 spiro atoms. The standard InChI is InChI=1S/C22H23N3O5/c1-3-29-22(27)16-4-6-18(7-5-16)25-21(26)17(14-23)15-24-12-13-30-20-10-8-19(28-2)9-11-20/h4-11,15,24H,3,12-13H2,1-2H3,(H,25,26)/b17-15-. The molecule has 0 saturated carbocycles. The van der Waals surface area contributed by atoms with Crippen LogP contribution in [0.5, 0.6) is 11.5 Å². The van der Waals surface area contributed by atoms with Gasteiger partial charge in [-0.15, -0.1) is 0 Å². The molecule has 2 aromatic carbocycles. The Morgan fingerprint density at radius 2 is 1.73 bits per heavy atom. The van der Waals surface area contributed by atoms with E-state index in [0.717, 1.165) is 5.75 Å². The Labute approximate surface area is 175 Å². The van der Waals surface area contributed by atoms with Gasteiger partial charge in [-0.1, -0.05) is 0 Å². The highest BCUT2D eigenvalue weighted by molar-refractivity contribution is 6.06. The molecular weight excluding hydrogens is 386 g/mol. The van der Waals surface area contributed by atoms with Crippen molar-refractivity contribution < 1.29 is 23.8 Å². The molecule has 0 radical (unpaired) electrons. The predicted octanol–water partition coefficient (Wildman–Crippen LogP) is 2.89. The van der Waals surface area contributed by atoms with E-state index >= 15 is 0 Å². The molecule has 0 aromatic heterocycles. The average molecular weight is 409 g/mol. The maximum atomic E-state index is 12.2. The normalized spacial score (nSPS) is 10.5. The average Bonchev–Trinajstić information content (AvgIpc) is 2.77. The number of ether oxygens (including phenoxy) is 3. The van der Waals surface area contributed by atoms with Crippen LogP contribution in [0.3, 0.4) is 0 Å². The van der Waals surface area contributed by atoms with Crippen molar-refractivity contribution in [3.05, 3.63) is 65.9 Å². The number of amides is 1. The van der Waals surface area contributed by atoms with Gasteiger partial charge in [-0.2, -0.15) is 5.26 Å². The summed E-state index contributed by atoms with van der Waals surface area (Å²) < 4.78 is 15.5. The van der Waals surface area contributed by atoms with Crippen molar-refractivity contribution in [2.75, 3.05) is 32.2 Å². The SMILES string of the molecule is CCOC(=O)c1ccc(NC(=O)/C(C#N)=C\NCCOc2ccc(OC)cc2)cc1. The van der Waals surface area contributed by atoms with Crippen molar-refractivity contribution >= 4 is 17.6 Å². The van der Waals surface area contributed by atoms with Crippen molar-refractivity contribution in [1.29, 1.82) is 5.26 Å². The van der Waals surface area contributed by atoms with Crippen LogP contribution in [-0.2, 0) is 9.53 Å². The lowest BCUT2D eigenvalue weighted by molar-refractivity contribution is -0.112. The molecule has 30 heavy (non-hydrogen) atoms. The highest BCUT2D eigenvalue weighted by atomic mass is 16.5. The molecule has 0 aliphatic rings. The molecule has 2 rings (SSSR count). The molecule has 2 aromatic rings. The minimum absolute atomic E-state index is 0.0890. The minimum Gasteiger partial charge on any atom is -0.497 e. The van der Waals surface area contributed by atoms with E-state index in [9.17, 15) is 14.9 Å². The number of anilines is 1. The first kappa shape index (κ1) is 22.3. The number of hydrogen-bond acceptors (Lipinski definition) is 7. The Bertz CT molecular complexity index is 915. The molecule has 156 valence electrons. The van der Waals surface area contributed by atoms with E-state index in [4.69, 9.17) is 14.2 Å². The quantitative estimate of drug-likeness (QED) is 0.269.